The van der Waals surface area contributed by atoms with Gasteiger partial charge in [0.2, 0.25) is 6.79 Å². The third kappa shape index (κ3) is 4.32. The van der Waals surface area contributed by atoms with Crippen molar-refractivity contribution in [2.45, 2.75) is 38.7 Å². The van der Waals surface area contributed by atoms with Gasteiger partial charge in [-0.3, -0.25) is 4.79 Å². The van der Waals surface area contributed by atoms with Crippen molar-refractivity contribution in [3.8, 4) is 17.2 Å². The van der Waals surface area contributed by atoms with Gasteiger partial charge in [-0.1, -0.05) is 6.07 Å². The number of likely N-dealkylation sites (tertiary alicyclic amines) is 1. The number of benzene rings is 2. The highest BCUT2D eigenvalue weighted by Crippen LogP contribution is 2.33. The van der Waals surface area contributed by atoms with E-state index >= 15 is 0 Å². The molecule has 0 radical (unpaired) electrons. The van der Waals surface area contributed by atoms with Crippen LogP contribution in [0.5, 0.6) is 17.2 Å². The number of fused-ring (bicyclic) bond motifs is 1. The van der Waals surface area contributed by atoms with Gasteiger partial charge < -0.3 is 24.2 Å². The van der Waals surface area contributed by atoms with Crippen LogP contribution in [0.25, 0.3) is 0 Å². The minimum atomic E-state index is -0.942. The topological polar surface area (TPSA) is 68.2 Å². The molecule has 0 bridgehead atoms. The lowest BCUT2D eigenvalue weighted by Crippen LogP contribution is -2.38. The van der Waals surface area contributed by atoms with Crippen LogP contribution in [0.3, 0.4) is 0 Å². The standard InChI is InChI=1S/C23H27NO5/c1-16-4-6-19(12-17(16)2)27-14-23(26)8-3-10-24(11-9-23)22(25)18-5-7-20-21(13-18)29-15-28-20/h4-7,12-13,26H,3,8-11,14-15H2,1-2H3. The molecule has 2 aromatic carbocycles. The molecule has 0 aromatic heterocycles. The highest BCUT2D eigenvalue weighted by atomic mass is 16.7. The van der Waals surface area contributed by atoms with Gasteiger partial charge in [0.05, 0.1) is 0 Å². The Morgan fingerprint density at radius 2 is 1.90 bits per heavy atom. The van der Waals surface area contributed by atoms with Crippen LogP contribution in [0, 0.1) is 13.8 Å². The van der Waals surface area contributed by atoms with Gasteiger partial charge in [0, 0.05) is 18.7 Å². The third-order valence-corrected chi connectivity index (χ3v) is 5.81. The van der Waals surface area contributed by atoms with Crippen molar-refractivity contribution in [2.75, 3.05) is 26.5 Å². The molecule has 1 unspecified atom stereocenters. The smallest absolute Gasteiger partial charge is 0.253 e. The monoisotopic (exact) mass is 397 g/mol. The maximum Gasteiger partial charge on any atom is 0.253 e. The second kappa shape index (κ2) is 7.95. The Labute approximate surface area is 171 Å². The number of carbonyl (C=O) groups is 1. The quantitative estimate of drug-likeness (QED) is 0.856. The summed E-state index contributed by atoms with van der Waals surface area (Å²) < 4.78 is 16.6. The van der Waals surface area contributed by atoms with Crippen LogP contribution in [-0.4, -0.2) is 48.0 Å². The van der Waals surface area contributed by atoms with Gasteiger partial charge in [0.25, 0.3) is 5.91 Å². The van der Waals surface area contributed by atoms with Crippen molar-refractivity contribution in [1.82, 2.24) is 4.90 Å². The van der Waals surface area contributed by atoms with Crippen molar-refractivity contribution in [3.05, 3.63) is 53.1 Å². The number of aryl methyl sites for hydroxylation is 2. The highest BCUT2D eigenvalue weighted by molar-refractivity contribution is 5.95. The molecule has 4 rings (SSSR count). The third-order valence-electron chi connectivity index (χ3n) is 5.81. The zero-order valence-electron chi connectivity index (χ0n) is 16.9. The fraction of sp³-hybridized carbons (Fsp3) is 0.435. The average Bonchev–Trinajstić information content (AvgIpc) is 3.10. The fourth-order valence-electron chi connectivity index (χ4n) is 3.76. The van der Waals surface area contributed by atoms with Gasteiger partial charge in [-0.25, -0.2) is 0 Å². The molecule has 6 heteroatoms. The van der Waals surface area contributed by atoms with Gasteiger partial charge in [0.1, 0.15) is 18.0 Å². The summed E-state index contributed by atoms with van der Waals surface area (Å²) in [4.78, 5) is 14.7. The first kappa shape index (κ1) is 19.6. The van der Waals surface area contributed by atoms with E-state index in [1.165, 1.54) is 5.56 Å². The summed E-state index contributed by atoms with van der Waals surface area (Å²) in [6.07, 6.45) is 1.81. The van der Waals surface area contributed by atoms with E-state index in [0.717, 1.165) is 17.7 Å². The molecule has 0 aliphatic carbocycles. The largest absolute Gasteiger partial charge is 0.491 e. The maximum absolute atomic E-state index is 12.9. The molecule has 1 N–H and O–H groups in total. The minimum absolute atomic E-state index is 0.0531. The van der Waals surface area contributed by atoms with E-state index in [2.05, 4.69) is 6.92 Å². The Morgan fingerprint density at radius 3 is 2.72 bits per heavy atom. The predicted octanol–water partition coefficient (Wildman–Crippen LogP) is 3.47. The molecular weight excluding hydrogens is 370 g/mol. The first-order valence-electron chi connectivity index (χ1n) is 10.0. The van der Waals surface area contributed by atoms with Crippen LogP contribution in [0.2, 0.25) is 0 Å². The number of nitrogens with zero attached hydrogens (tertiary/aromatic N) is 1. The summed E-state index contributed by atoms with van der Waals surface area (Å²) in [6, 6.07) is 11.2. The predicted molar refractivity (Wildman–Crippen MR) is 109 cm³/mol. The van der Waals surface area contributed by atoms with E-state index in [0.29, 0.717) is 43.0 Å². The molecule has 154 valence electrons. The van der Waals surface area contributed by atoms with Gasteiger partial charge in [-0.2, -0.15) is 0 Å². The van der Waals surface area contributed by atoms with Crippen LogP contribution in [0.4, 0.5) is 0 Å². The molecule has 1 atom stereocenters. The summed E-state index contributed by atoms with van der Waals surface area (Å²) in [5, 5.41) is 11.0. The lowest BCUT2D eigenvalue weighted by Gasteiger charge is -2.27. The Balaban J connectivity index is 1.37. The molecule has 2 aromatic rings. The van der Waals surface area contributed by atoms with Crippen LogP contribution < -0.4 is 14.2 Å². The Kier molecular flexibility index (Phi) is 5.37. The maximum atomic E-state index is 12.9. The molecule has 1 fully saturated rings. The van der Waals surface area contributed by atoms with Crippen LogP contribution in [0.1, 0.15) is 40.7 Å². The molecular formula is C23H27NO5. The SMILES string of the molecule is Cc1ccc(OCC2(O)CCCN(C(=O)c3ccc4c(c3)OCO4)CC2)cc1C. The molecule has 29 heavy (non-hydrogen) atoms. The van der Waals surface area contributed by atoms with Crippen molar-refractivity contribution < 1.29 is 24.1 Å². The summed E-state index contributed by atoms with van der Waals surface area (Å²) in [5.74, 6) is 1.97. The number of hydrogen-bond acceptors (Lipinski definition) is 5. The number of ether oxygens (including phenoxy) is 3. The zero-order valence-corrected chi connectivity index (χ0v) is 16.9. The van der Waals surface area contributed by atoms with E-state index in [-0.39, 0.29) is 19.3 Å². The molecule has 2 heterocycles. The van der Waals surface area contributed by atoms with Crippen molar-refractivity contribution in [3.63, 3.8) is 0 Å². The van der Waals surface area contributed by atoms with Crippen molar-refractivity contribution in [1.29, 1.82) is 0 Å². The van der Waals surface area contributed by atoms with Gasteiger partial charge >= 0.3 is 0 Å². The number of hydrogen-bond donors (Lipinski definition) is 1. The van der Waals surface area contributed by atoms with E-state index in [9.17, 15) is 9.90 Å². The second-order valence-electron chi connectivity index (χ2n) is 7.97. The van der Waals surface area contributed by atoms with E-state index in [1.54, 1.807) is 23.1 Å². The number of carbonyl (C=O) groups excluding carboxylic acids is 1. The van der Waals surface area contributed by atoms with Crippen LogP contribution in [0.15, 0.2) is 36.4 Å². The molecule has 6 nitrogen and oxygen atoms in total. The first-order valence-corrected chi connectivity index (χ1v) is 10.0. The molecule has 0 spiro atoms. The van der Waals surface area contributed by atoms with E-state index in [4.69, 9.17) is 14.2 Å². The van der Waals surface area contributed by atoms with Gasteiger partial charge in [-0.15, -0.1) is 0 Å². The van der Waals surface area contributed by atoms with Gasteiger partial charge in [-0.05, 0) is 74.6 Å². The number of aliphatic hydroxyl groups is 1. The highest BCUT2D eigenvalue weighted by Gasteiger charge is 2.33. The van der Waals surface area contributed by atoms with Crippen molar-refractivity contribution >= 4 is 5.91 Å². The lowest BCUT2D eigenvalue weighted by atomic mass is 9.96. The second-order valence-corrected chi connectivity index (χ2v) is 7.97. The minimum Gasteiger partial charge on any atom is -0.491 e. The lowest BCUT2D eigenvalue weighted by molar-refractivity contribution is -0.0163. The van der Waals surface area contributed by atoms with E-state index < -0.39 is 5.60 Å². The zero-order chi connectivity index (χ0) is 20.4. The molecule has 2 aliphatic heterocycles. The molecule has 0 saturated carbocycles. The normalized spacial score (nSPS) is 21.0. The molecule has 1 amide bonds. The van der Waals surface area contributed by atoms with Crippen LogP contribution in [-0.2, 0) is 0 Å². The number of amides is 1. The Morgan fingerprint density at radius 1 is 1.07 bits per heavy atom. The summed E-state index contributed by atoms with van der Waals surface area (Å²) >= 11 is 0. The Hall–Kier alpha value is -2.73. The van der Waals surface area contributed by atoms with Crippen molar-refractivity contribution in [2.24, 2.45) is 0 Å². The molecule has 2 aliphatic rings. The fourth-order valence-corrected chi connectivity index (χ4v) is 3.76. The number of rotatable bonds is 4. The summed E-state index contributed by atoms with van der Waals surface area (Å²) in [7, 11) is 0. The molecule has 1 saturated heterocycles. The summed E-state index contributed by atoms with van der Waals surface area (Å²) in [5.41, 5.74) is 2.01. The van der Waals surface area contributed by atoms with E-state index in [1.807, 2.05) is 25.1 Å². The summed E-state index contributed by atoms with van der Waals surface area (Å²) in [6.45, 7) is 5.61. The van der Waals surface area contributed by atoms with Gasteiger partial charge in [0.15, 0.2) is 11.5 Å². The first-order chi connectivity index (χ1) is 13.9. The Bertz CT molecular complexity index is 912. The average molecular weight is 397 g/mol. The van der Waals surface area contributed by atoms with Crippen LogP contribution >= 0.6 is 0 Å².